The summed E-state index contributed by atoms with van der Waals surface area (Å²) in [7, 11) is -1.28. The Balaban J connectivity index is 2.04. The van der Waals surface area contributed by atoms with Crippen molar-refractivity contribution < 1.29 is 8.42 Å². The number of rotatable bonds is 7. The Hall–Kier alpha value is -2.35. The van der Waals surface area contributed by atoms with Crippen molar-refractivity contribution >= 4 is 15.8 Å². The number of hydrogen-bond donors (Lipinski definition) is 2. The molecule has 1 heterocycles. The minimum Gasteiger partial charge on any atom is -0.357 e. The normalized spacial score (nSPS) is 12.8. The molecule has 1 aromatic carbocycles. The highest BCUT2D eigenvalue weighted by atomic mass is 32.2. The fourth-order valence-corrected chi connectivity index (χ4v) is 3.50. The molecule has 8 heteroatoms. The number of aromatic amines is 1. The van der Waals surface area contributed by atoms with Crippen LogP contribution >= 0.6 is 0 Å². The zero-order valence-corrected chi connectivity index (χ0v) is 18.2. The quantitative estimate of drug-likeness (QED) is 0.546. The Morgan fingerprint density at radius 1 is 1.25 bits per heavy atom. The summed E-state index contributed by atoms with van der Waals surface area (Å²) in [6, 6.07) is 10.0. The summed E-state index contributed by atoms with van der Waals surface area (Å²) in [5.74, 6) is 1.50. The highest BCUT2D eigenvalue weighted by Crippen LogP contribution is 2.17. The van der Waals surface area contributed by atoms with Gasteiger partial charge in [0.05, 0.1) is 35.5 Å². The molecule has 0 atom stereocenters. The molecule has 0 aliphatic rings. The number of benzene rings is 1. The molecule has 0 fully saturated rings. The second-order valence-corrected chi connectivity index (χ2v) is 10.5. The lowest BCUT2D eigenvalue weighted by Crippen LogP contribution is -2.39. The third-order valence-electron chi connectivity index (χ3n) is 4.35. The standard InChI is InChI=1S/C20H31N5O2S/c1-6-21-19(22-12-13-28(26,27)20(2,3)4)25(5)15-18-23-14-17(24-18)16-10-8-7-9-11-16/h7-11,14H,6,12-13,15H2,1-5H3,(H,21,22)(H,23,24). The van der Waals surface area contributed by atoms with Gasteiger partial charge >= 0.3 is 0 Å². The summed E-state index contributed by atoms with van der Waals surface area (Å²) in [6.07, 6.45) is 1.82. The van der Waals surface area contributed by atoms with Gasteiger partial charge < -0.3 is 15.2 Å². The molecule has 2 rings (SSSR count). The molecule has 2 aromatic rings. The van der Waals surface area contributed by atoms with Crippen molar-refractivity contribution in [1.82, 2.24) is 20.2 Å². The molecule has 0 saturated carbocycles. The first-order valence-corrected chi connectivity index (χ1v) is 11.1. The third kappa shape index (κ3) is 5.82. The van der Waals surface area contributed by atoms with Crippen LogP contribution in [0.15, 0.2) is 41.5 Å². The van der Waals surface area contributed by atoms with Gasteiger partial charge in [0.15, 0.2) is 15.8 Å². The molecule has 0 aliphatic heterocycles. The molecule has 0 amide bonds. The first kappa shape index (κ1) is 21.9. The molecular weight excluding hydrogens is 374 g/mol. The SMILES string of the molecule is CCNC(=NCCS(=O)(=O)C(C)(C)C)N(C)Cc1ncc(-c2ccccc2)[nH]1. The monoisotopic (exact) mass is 405 g/mol. The van der Waals surface area contributed by atoms with Gasteiger partial charge in [0.1, 0.15) is 5.82 Å². The molecule has 0 unspecified atom stereocenters. The van der Waals surface area contributed by atoms with Crippen LogP contribution in [0.3, 0.4) is 0 Å². The number of sulfone groups is 1. The minimum absolute atomic E-state index is 0.0259. The summed E-state index contributed by atoms with van der Waals surface area (Å²) in [5.41, 5.74) is 2.04. The van der Waals surface area contributed by atoms with Gasteiger partial charge in [-0.25, -0.2) is 13.4 Å². The van der Waals surface area contributed by atoms with Gasteiger partial charge in [0.2, 0.25) is 0 Å². The van der Waals surface area contributed by atoms with Crippen LogP contribution in [0.5, 0.6) is 0 Å². The number of aromatic nitrogens is 2. The fourth-order valence-electron chi connectivity index (χ4n) is 2.55. The summed E-state index contributed by atoms with van der Waals surface area (Å²) in [5, 5.41) is 3.21. The van der Waals surface area contributed by atoms with E-state index in [4.69, 9.17) is 0 Å². The van der Waals surface area contributed by atoms with Gasteiger partial charge in [-0.15, -0.1) is 0 Å². The highest BCUT2D eigenvalue weighted by Gasteiger charge is 2.28. The van der Waals surface area contributed by atoms with Gasteiger partial charge in [-0.1, -0.05) is 30.3 Å². The van der Waals surface area contributed by atoms with E-state index in [1.807, 2.05) is 55.4 Å². The number of aliphatic imine (C=N–C) groups is 1. The van der Waals surface area contributed by atoms with E-state index in [9.17, 15) is 8.42 Å². The van der Waals surface area contributed by atoms with Crippen LogP contribution in [-0.4, -0.2) is 59.9 Å². The largest absolute Gasteiger partial charge is 0.357 e. The van der Waals surface area contributed by atoms with E-state index in [1.165, 1.54) is 0 Å². The Morgan fingerprint density at radius 3 is 2.54 bits per heavy atom. The lowest BCUT2D eigenvalue weighted by molar-refractivity contribution is 0.464. The van der Waals surface area contributed by atoms with Crippen LogP contribution in [0.25, 0.3) is 11.3 Å². The van der Waals surface area contributed by atoms with Crippen molar-refractivity contribution in [2.75, 3.05) is 25.9 Å². The molecule has 28 heavy (non-hydrogen) atoms. The van der Waals surface area contributed by atoms with E-state index in [2.05, 4.69) is 20.3 Å². The second-order valence-electron chi connectivity index (χ2n) is 7.63. The second kappa shape index (κ2) is 9.23. The Morgan fingerprint density at radius 2 is 1.93 bits per heavy atom. The van der Waals surface area contributed by atoms with Crippen LogP contribution in [0.2, 0.25) is 0 Å². The van der Waals surface area contributed by atoms with E-state index in [0.29, 0.717) is 19.0 Å². The summed E-state index contributed by atoms with van der Waals surface area (Å²) in [6.45, 7) is 8.57. The van der Waals surface area contributed by atoms with E-state index < -0.39 is 14.6 Å². The summed E-state index contributed by atoms with van der Waals surface area (Å²) >= 11 is 0. The molecule has 154 valence electrons. The van der Waals surface area contributed by atoms with Crippen LogP contribution in [0, 0.1) is 0 Å². The Labute approximate surface area is 168 Å². The average molecular weight is 406 g/mol. The van der Waals surface area contributed by atoms with E-state index in [0.717, 1.165) is 17.1 Å². The smallest absolute Gasteiger partial charge is 0.194 e. The predicted molar refractivity (Wildman–Crippen MR) is 115 cm³/mol. The van der Waals surface area contributed by atoms with Crippen LogP contribution in [-0.2, 0) is 16.4 Å². The maximum absolute atomic E-state index is 12.3. The third-order valence-corrected chi connectivity index (χ3v) is 6.94. The molecule has 1 aromatic heterocycles. The minimum atomic E-state index is -3.19. The van der Waals surface area contributed by atoms with Crippen LogP contribution in [0.4, 0.5) is 0 Å². The number of nitrogens with one attached hydrogen (secondary N) is 2. The van der Waals surface area contributed by atoms with Crippen LogP contribution < -0.4 is 5.32 Å². The number of hydrogen-bond acceptors (Lipinski definition) is 4. The number of imidazole rings is 1. The average Bonchev–Trinajstić information content (AvgIpc) is 3.09. The number of guanidine groups is 1. The van der Waals surface area contributed by atoms with Gasteiger partial charge in [-0.2, -0.15) is 0 Å². The van der Waals surface area contributed by atoms with Crippen molar-refractivity contribution in [3.05, 3.63) is 42.4 Å². The maximum atomic E-state index is 12.3. The highest BCUT2D eigenvalue weighted by molar-refractivity contribution is 7.92. The van der Waals surface area contributed by atoms with Gasteiger partial charge in [-0.3, -0.25) is 4.99 Å². The predicted octanol–water partition coefficient (Wildman–Crippen LogP) is 2.69. The molecule has 0 radical (unpaired) electrons. The molecule has 0 saturated heterocycles. The Bertz CT molecular complexity index is 883. The topological polar surface area (TPSA) is 90.4 Å². The zero-order chi connectivity index (χ0) is 20.8. The van der Waals surface area contributed by atoms with E-state index in [-0.39, 0.29) is 12.3 Å². The van der Waals surface area contributed by atoms with Crippen molar-refractivity contribution in [2.45, 2.75) is 39.0 Å². The summed E-state index contributed by atoms with van der Waals surface area (Å²) < 4.78 is 23.8. The first-order chi connectivity index (χ1) is 13.1. The van der Waals surface area contributed by atoms with Gasteiger partial charge in [-0.05, 0) is 33.3 Å². The molecule has 2 N–H and O–H groups in total. The summed E-state index contributed by atoms with van der Waals surface area (Å²) in [4.78, 5) is 14.2. The van der Waals surface area contributed by atoms with Crippen molar-refractivity contribution in [3.63, 3.8) is 0 Å². The molecule has 0 aliphatic carbocycles. The lowest BCUT2D eigenvalue weighted by atomic mass is 10.2. The number of nitrogens with zero attached hydrogens (tertiary/aromatic N) is 3. The first-order valence-electron chi connectivity index (χ1n) is 9.45. The molecule has 0 spiro atoms. The maximum Gasteiger partial charge on any atom is 0.194 e. The molecular formula is C20H31N5O2S. The number of H-pyrrole nitrogens is 1. The molecule has 7 nitrogen and oxygen atoms in total. The zero-order valence-electron chi connectivity index (χ0n) is 17.4. The van der Waals surface area contributed by atoms with Gasteiger partial charge in [0, 0.05) is 13.6 Å². The van der Waals surface area contributed by atoms with Crippen molar-refractivity contribution in [2.24, 2.45) is 4.99 Å². The molecule has 0 bridgehead atoms. The lowest BCUT2D eigenvalue weighted by Gasteiger charge is -2.22. The van der Waals surface area contributed by atoms with Crippen molar-refractivity contribution in [1.29, 1.82) is 0 Å². The fraction of sp³-hybridized carbons (Fsp3) is 0.500. The van der Waals surface area contributed by atoms with Gasteiger partial charge in [0.25, 0.3) is 0 Å². The van der Waals surface area contributed by atoms with Crippen molar-refractivity contribution in [3.8, 4) is 11.3 Å². The van der Waals surface area contributed by atoms with Crippen LogP contribution in [0.1, 0.15) is 33.5 Å². The van der Waals surface area contributed by atoms with E-state index in [1.54, 1.807) is 20.8 Å². The Kier molecular flexibility index (Phi) is 7.23. The van der Waals surface area contributed by atoms with E-state index >= 15 is 0 Å².